The summed E-state index contributed by atoms with van der Waals surface area (Å²) in [6.07, 6.45) is 3.67. The Balaban J connectivity index is 2.02. The first-order valence-corrected chi connectivity index (χ1v) is 11.0. The van der Waals surface area contributed by atoms with Crippen molar-refractivity contribution in [2.75, 3.05) is 20.7 Å². The van der Waals surface area contributed by atoms with E-state index in [1.807, 2.05) is 17.5 Å². The van der Waals surface area contributed by atoms with Gasteiger partial charge in [0.25, 0.3) is 10.0 Å². The molecule has 0 aliphatic rings. The molecule has 1 amide bonds. The Morgan fingerprint density at radius 1 is 1.32 bits per heavy atom. The highest BCUT2D eigenvalue weighted by Crippen LogP contribution is 2.25. The Labute approximate surface area is 173 Å². The quantitative estimate of drug-likeness (QED) is 0.430. The molecule has 0 aliphatic heterocycles. The summed E-state index contributed by atoms with van der Waals surface area (Å²) < 4.78 is 32.4. The van der Waals surface area contributed by atoms with Crippen LogP contribution in [0, 0.1) is 0 Å². The van der Waals surface area contributed by atoms with E-state index in [1.54, 1.807) is 29.5 Å². The highest BCUT2D eigenvalue weighted by Gasteiger charge is 2.21. The third kappa shape index (κ3) is 6.32. The molecule has 1 heterocycles. The smallest absolute Gasteiger partial charge is 0.267 e. The van der Waals surface area contributed by atoms with E-state index < -0.39 is 10.0 Å². The summed E-state index contributed by atoms with van der Waals surface area (Å²) in [5, 5.41) is 7.25. The largest absolute Gasteiger partial charge is 0.495 e. The SMILES string of the molecule is CNC(=S)NS(=O)(=O)c1cc(CCNC(=O)/C=C/c2cccs2)ccc1OC. The van der Waals surface area contributed by atoms with Gasteiger partial charge in [0.1, 0.15) is 10.6 Å². The Bertz CT molecular complexity index is 954. The van der Waals surface area contributed by atoms with Crippen LogP contribution in [-0.4, -0.2) is 40.1 Å². The fraction of sp³-hybridized carbons (Fsp3) is 0.222. The van der Waals surface area contributed by atoms with Gasteiger partial charge in [0.2, 0.25) is 5.91 Å². The summed E-state index contributed by atoms with van der Waals surface area (Å²) in [5.74, 6) is -0.00568. The number of sulfonamides is 1. The average Bonchev–Trinajstić information content (AvgIpc) is 3.19. The van der Waals surface area contributed by atoms with Crippen molar-refractivity contribution in [2.45, 2.75) is 11.3 Å². The first-order chi connectivity index (χ1) is 13.4. The van der Waals surface area contributed by atoms with Crippen molar-refractivity contribution in [3.63, 3.8) is 0 Å². The van der Waals surface area contributed by atoms with E-state index in [2.05, 4.69) is 15.4 Å². The fourth-order valence-electron chi connectivity index (χ4n) is 2.25. The van der Waals surface area contributed by atoms with Crippen LogP contribution in [0.3, 0.4) is 0 Å². The number of hydrogen-bond acceptors (Lipinski definition) is 6. The van der Waals surface area contributed by atoms with Gasteiger partial charge in [-0.1, -0.05) is 12.1 Å². The Hall–Kier alpha value is -2.43. The van der Waals surface area contributed by atoms with Crippen molar-refractivity contribution in [2.24, 2.45) is 0 Å². The van der Waals surface area contributed by atoms with Crippen molar-refractivity contribution < 1.29 is 17.9 Å². The lowest BCUT2D eigenvalue weighted by Gasteiger charge is -2.13. The van der Waals surface area contributed by atoms with Crippen LogP contribution in [0.15, 0.2) is 46.7 Å². The molecule has 10 heteroatoms. The molecule has 1 aromatic heterocycles. The van der Waals surface area contributed by atoms with Crippen LogP contribution in [0.25, 0.3) is 6.08 Å². The Morgan fingerprint density at radius 3 is 2.75 bits per heavy atom. The number of carbonyl (C=O) groups is 1. The Morgan fingerprint density at radius 2 is 2.11 bits per heavy atom. The second kappa shape index (κ2) is 10.2. The second-order valence-electron chi connectivity index (χ2n) is 5.56. The van der Waals surface area contributed by atoms with Crippen LogP contribution in [0.5, 0.6) is 5.75 Å². The minimum Gasteiger partial charge on any atom is -0.495 e. The molecule has 28 heavy (non-hydrogen) atoms. The second-order valence-corrected chi connectivity index (χ2v) is 8.60. The molecule has 0 saturated carbocycles. The lowest BCUT2D eigenvalue weighted by Crippen LogP contribution is -2.37. The van der Waals surface area contributed by atoms with Gasteiger partial charge in [-0.25, -0.2) is 8.42 Å². The van der Waals surface area contributed by atoms with E-state index in [0.717, 1.165) is 10.4 Å². The predicted molar refractivity (Wildman–Crippen MR) is 115 cm³/mol. The monoisotopic (exact) mass is 439 g/mol. The highest BCUT2D eigenvalue weighted by molar-refractivity contribution is 7.92. The van der Waals surface area contributed by atoms with Gasteiger partial charge < -0.3 is 15.4 Å². The van der Waals surface area contributed by atoms with E-state index in [-0.39, 0.29) is 21.7 Å². The summed E-state index contributed by atoms with van der Waals surface area (Å²) in [5.41, 5.74) is 0.735. The predicted octanol–water partition coefficient (Wildman–Crippen LogP) is 1.91. The molecule has 1 aromatic carbocycles. The maximum absolute atomic E-state index is 12.5. The fourth-order valence-corrected chi connectivity index (χ4v) is 4.37. The number of thiocarbonyl (C=S) groups is 1. The number of ether oxygens (including phenoxy) is 1. The molecule has 7 nitrogen and oxygen atoms in total. The molecular formula is C18H21N3O4S3. The normalized spacial score (nSPS) is 11.2. The van der Waals surface area contributed by atoms with Gasteiger partial charge in [-0.15, -0.1) is 11.3 Å². The van der Waals surface area contributed by atoms with Crippen molar-refractivity contribution in [3.05, 3.63) is 52.2 Å². The summed E-state index contributed by atoms with van der Waals surface area (Å²) in [6, 6.07) is 8.66. The van der Waals surface area contributed by atoms with Crippen LogP contribution in [0.2, 0.25) is 0 Å². The van der Waals surface area contributed by atoms with Gasteiger partial charge in [-0.2, -0.15) is 0 Å². The lowest BCUT2D eigenvalue weighted by molar-refractivity contribution is -0.116. The summed E-state index contributed by atoms with van der Waals surface area (Å²) in [4.78, 5) is 12.8. The van der Waals surface area contributed by atoms with Crippen LogP contribution in [-0.2, 0) is 21.2 Å². The van der Waals surface area contributed by atoms with Crippen LogP contribution in [0.1, 0.15) is 10.4 Å². The Kier molecular flexibility index (Phi) is 7.97. The summed E-state index contributed by atoms with van der Waals surface area (Å²) >= 11 is 6.42. The number of rotatable bonds is 8. The third-order valence-corrected chi connectivity index (χ3v) is 6.27. The first-order valence-electron chi connectivity index (χ1n) is 8.26. The molecule has 3 N–H and O–H groups in total. The van der Waals surface area contributed by atoms with E-state index in [0.29, 0.717) is 13.0 Å². The summed E-state index contributed by atoms with van der Waals surface area (Å²) in [7, 11) is -0.973. The molecule has 0 aliphatic carbocycles. The highest BCUT2D eigenvalue weighted by atomic mass is 32.2. The zero-order valence-electron chi connectivity index (χ0n) is 15.4. The van der Waals surface area contributed by atoms with Crippen LogP contribution in [0.4, 0.5) is 0 Å². The number of hydrogen-bond donors (Lipinski definition) is 3. The zero-order valence-corrected chi connectivity index (χ0v) is 17.8. The van der Waals surface area contributed by atoms with E-state index in [1.165, 1.54) is 26.3 Å². The van der Waals surface area contributed by atoms with Gasteiger partial charge in [0.05, 0.1) is 7.11 Å². The first kappa shape index (κ1) is 21.9. The van der Waals surface area contributed by atoms with E-state index >= 15 is 0 Å². The number of amides is 1. The number of thiophene rings is 1. The minimum atomic E-state index is -3.89. The number of benzene rings is 1. The van der Waals surface area contributed by atoms with Crippen molar-refractivity contribution in [1.29, 1.82) is 0 Å². The van der Waals surface area contributed by atoms with Gasteiger partial charge >= 0.3 is 0 Å². The van der Waals surface area contributed by atoms with Gasteiger partial charge in [0.15, 0.2) is 5.11 Å². The van der Waals surface area contributed by atoms with Crippen LogP contribution >= 0.6 is 23.6 Å². The molecule has 0 bridgehead atoms. The number of carbonyl (C=O) groups excluding carboxylic acids is 1. The average molecular weight is 440 g/mol. The van der Waals surface area contributed by atoms with E-state index in [9.17, 15) is 13.2 Å². The molecule has 0 spiro atoms. The zero-order chi connectivity index (χ0) is 20.6. The minimum absolute atomic E-state index is 0.0164. The maximum Gasteiger partial charge on any atom is 0.267 e. The molecule has 0 saturated heterocycles. The lowest BCUT2D eigenvalue weighted by atomic mass is 10.1. The standard InChI is InChI=1S/C18H21N3O4S3/c1-19-18(26)21-28(23,24)16-12-13(5-7-15(16)25-2)9-10-20-17(22)8-6-14-4-3-11-27-14/h3-8,11-12H,9-10H2,1-2H3,(H,20,22)(H2,19,21,26)/b8-6+. The molecule has 2 rings (SSSR count). The molecule has 2 aromatic rings. The third-order valence-electron chi connectivity index (χ3n) is 3.63. The van der Waals surface area contributed by atoms with Crippen LogP contribution < -0.4 is 20.1 Å². The molecule has 0 fully saturated rings. The van der Waals surface area contributed by atoms with Gasteiger partial charge in [-0.05, 0) is 53.9 Å². The van der Waals surface area contributed by atoms with Crippen molar-refractivity contribution in [1.82, 2.24) is 15.4 Å². The molecule has 0 unspecified atom stereocenters. The van der Waals surface area contributed by atoms with Gasteiger partial charge in [-0.3, -0.25) is 9.52 Å². The topological polar surface area (TPSA) is 96.5 Å². The summed E-state index contributed by atoms with van der Waals surface area (Å²) in [6.45, 7) is 0.363. The maximum atomic E-state index is 12.5. The van der Waals surface area contributed by atoms with E-state index in [4.69, 9.17) is 17.0 Å². The molecular weight excluding hydrogens is 418 g/mol. The van der Waals surface area contributed by atoms with Crippen molar-refractivity contribution >= 4 is 50.7 Å². The molecule has 0 atom stereocenters. The molecule has 150 valence electrons. The van der Waals surface area contributed by atoms with Crippen molar-refractivity contribution in [3.8, 4) is 5.75 Å². The van der Waals surface area contributed by atoms with Gasteiger partial charge in [0, 0.05) is 24.5 Å². The number of methoxy groups -OCH3 is 1. The number of nitrogens with one attached hydrogen (secondary N) is 3. The molecule has 0 radical (unpaired) electrons.